The highest BCUT2D eigenvalue weighted by atomic mass is 14.9. The van der Waals surface area contributed by atoms with Crippen LogP contribution in [0, 0.1) is 0 Å². The van der Waals surface area contributed by atoms with Crippen molar-refractivity contribution >= 4 is 0 Å². The van der Waals surface area contributed by atoms with Gasteiger partial charge in [-0.15, -0.1) is 0 Å². The molecule has 1 aromatic heterocycles. The van der Waals surface area contributed by atoms with Gasteiger partial charge in [0.1, 0.15) is 0 Å². The highest BCUT2D eigenvalue weighted by molar-refractivity contribution is 5.39. The average molecular weight is 280 g/mol. The first-order chi connectivity index (χ1) is 10.3. The Labute approximate surface area is 127 Å². The summed E-state index contributed by atoms with van der Waals surface area (Å²) >= 11 is 0. The Kier molecular flexibility index (Phi) is 4.35. The average Bonchev–Trinajstić information content (AvgIpc) is 2.97. The Bertz CT molecular complexity index is 606. The Morgan fingerprint density at radius 3 is 2.95 bits per heavy atom. The largest absolute Gasteiger partial charge is 0.310 e. The van der Waals surface area contributed by atoms with Gasteiger partial charge in [0.2, 0.25) is 0 Å². The molecule has 0 radical (unpaired) electrons. The van der Waals surface area contributed by atoms with E-state index in [1.54, 1.807) is 0 Å². The number of aryl methyl sites for hydroxylation is 1. The van der Waals surface area contributed by atoms with Crippen LogP contribution >= 0.6 is 0 Å². The highest BCUT2D eigenvalue weighted by Crippen LogP contribution is 2.37. The van der Waals surface area contributed by atoms with Gasteiger partial charge in [0.25, 0.3) is 0 Å². The van der Waals surface area contributed by atoms with Crippen LogP contribution in [-0.4, -0.2) is 11.5 Å². The van der Waals surface area contributed by atoms with Crippen molar-refractivity contribution < 1.29 is 0 Å². The van der Waals surface area contributed by atoms with Crippen molar-refractivity contribution in [3.8, 4) is 0 Å². The van der Waals surface area contributed by atoms with Crippen molar-refractivity contribution in [2.24, 2.45) is 0 Å². The molecule has 0 bridgehead atoms. The molecule has 2 atom stereocenters. The van der Waals surface area contributed by atoms with E-state index in [-0.39, 0.29) is 0 Å². The van der Waals surface area contributed by atoms with E-state index in [1.807, 2.05) is 6.20 Å². The van der Waals surface area contributed by atoms with Crippen LogP contribution in [0.4, 0.5) is 0 Å². The molecule has 1 heterocycles. The zero-order valence-electron chi connectivity index (χ0n) is 13.0. The first-order valence-electron chi connectivity index (χ1n) is 8.10. The van der Waals surface area contributed by atoms with Gasteiger partial charge in [0.05, 0.1) is 5.69 Å². The fourth-order valence-corrected chi connectivity index (χ4v) is 3.47. The fraction of sp³-hybridized carbons (Fsp3) is 0.421. The van der Waals surface area contributed by atoms with Gasteiger partial charge >= 0.3 is 0 Å². The maximum Gasteiger partial charge on any atom is 0.0510 e. The van der Waals surface area contributed by atoms with Gasteiger partial charge in [-0.25, -0.2) is 0 Å². The van der Waals surface area contributed by atoms with Crippen molar-refractivity contribution in [1.82, 2.24) is 10.3 Å². The van der Waals surface area contributed by atoms with Gasteiger partial charge in [-0.2, -0.15) is 0 Å². The monoisotopic (exact) mass is 280 g/mol. The summed E-state index contributed by atoms with van der Waals surface area (Å²) in [5.41, 5.74) is 5.53. The van der Waals surface area contributed by atoms with Crippen LogP contribution in [0.2, 0.25) is 0 Å². The first-order valence-corrected chi connectivity index (χ1v) is 8.10. The van der Waals surface area contributed by atoms with Crippen LogP contribution in [0.25, 0.3) is 0 Å². The normalized spacial score (nSPS) is 18.5. The van der Waals surface area contributed by atoms with Gasteiger partial charge < -0.3 is 5.32 Å². The third kappa shape index (κ3) is 2.86. The summed E-state index contributed by atoms with van der Waals surface area (Å²) in [4.78, 5) is 4.63. The second-order valence-electron chi connectivity index (χ2n) is 5.83. The number of hydrogen-bond acceptors (Lipinski definition) is 2. The van der Waals surface area contributed by atoms with Gasteiger partial charge in [-0.05, 0) is 48.6 Å². The Balaban J connectivity index is 1.90. The summed E-state index contributed by atoms with van der Waals surface area (Å²) < 4.78 is 0. The molecular formula is C19H24N2. The van der Waals surface area contributed by atoms with Crippen molar-refractivity contribution in [1.29, 1.82) is 0 Å². The lowest BCUT2D eigenvalue weighted by molar-refractivity contribution is 0.536. The Hall–Kier alpha value is -1.67. The van der Waals surface area contributed by atoms with E-state index in [2.05, 4.69) is 60.5 Å². The maximum atomic E-state index is 4.63. The molecule has 0 saturated carbocycles. The summed E-state index contributed by atoms with van der Waals surface area (Å²) in [5, 5.41) is 3.57. The summed E-state index contributed by atoms with van der Waals surface area (Å²) in [6.07, 6.45) is 5.39. The van der Waals surface area contributed by atoms with E-state index in [9.17, 15) is 0 Å². The summed E-state index contributed by atoms with van der Waals surface area (Å²) in [6, 6.07) is 13.8. The predicted molar refractivity (Wildman–Crippen MR) is 87.6 cm³/mol. The molecule has 3 rings (SSSR count). The van der Waals surface area contributed by atoms with Crippen molar-refractivity contribution in [2.75, 3.05) is 6.54 Å². The smallest absolute Gasteiger partial charge is 0.0510 e. The standard InChI is InChI=1S/C19H24N2/c1-3-18(20-4-2)16-8-5-7-15(13-16)17-11-10-14-9-6-12-21-19(14)17/h5-9,12-13,17-18,20H,3-4,10-11H2,1-2H3. The van der Waals surface area contributed by atoms with E-state index >= 15 is 0 Å². The molecule has 1 aromatic carbocycles. The van der Waals surface area contributed by atoms with Crippen LogP contribution < -0.4 is 5.32 Å². The zero-order valence-corrected chi connectivity index (χ0v) is 13.0. The first kappa shape index (κ1) is 14.3. The number of nitrogens with one attached hydrogen (secondary N) is 1. The van der Waals surface area contributed by atoms with Crippen molar-refractivity contribution in [3.63, 3.8) is 0 Å². The van der Waals surface area contributed by atoms with Crippen LogP contribution in [0.5, 0.6) is 0 Å². The van der Waals surface area contributed by atoms with Crippen molar-refractivity contribution in [3.05, 3.63) is 65.0 Å². The second-order valence-corrected chi connectivity index (χ2v) is 5.83. The Morgan fingerprint density at radius 2 is 2.14 bits per heavy atom. The van der Waals surface area contributed by atoms with Crippen LogP contribution in [0.1, 0.15) is 61.0 Å². The van der Waals surface area contributed by atoms with Crippen molar-refractivity contribution in [2.45, 2.75) is 45.1 Å². The fourth-order valence-electron chi connectivity index (χ4n) is 3.47. The molecule has 0 saturated heterocycles. The zero-order chi connectivity index (χ0) is 14.7. The lowest BCUT2D eigenvalue weighted by Gasteiger charge is -2.19. The van der Waals surface area contributed by atoms with E-state index < -0.39 is 0 Å². The molecule has 2 aromatic rings. The molecule has 2 nitrogen and oxygen atoms in total. The minimum Gasteiger partial charge on any atom is -0.310 e. The predicted octanol–water partition coefficient (Wildman–Crippen LogP) is 4.22. The van der Waals surface area contributed by atoms with E-state index in [4.69, 9.17) is 0 Å². The molecule has 2 unspecified atom stereocenters. The molecule has 0 fully saturated rings. The topological polar surface area (TPSA) is 24.9 Å². The van der Waals surface area contributed by atoms with Gasteiger partial charge in [-0.1, -0.05) is 44.2 Å². The molecule has 1 N–H and O–H groups in total. The van der Waals surface area contributed by atoms with E-state index in [0.717, 1.165) is 19.4 Å². The molecular weight excluding hydrogens is 256 g/mol. The quantitative estimate of drug-likeness (QED) is 0.887. The molecule has 21 heavy (non-hydrogen) atoms. The molecule has 0 amide bonds. The molecule has 1 aliphatic rings. The molecule has 0 aliphatic heterocycles. The third-order valence-corrected chi connectivity index (χ3v) is 4.53. The number of fused-ring (bicyclic) bond motifs is 1. The van der Waals surface area contributed by atoms with Gasteiger partial charge in [-0.3, -0.25) is 4.98 Å². The SMILES string of the molecule is CCNC(CC)c1cccc(C2CCc3cccnc32)c1. The Morgan fingerprint density at radius 1 is 1.24 bits per heavy atom. The summed E-state index contributed by atoms with van der Waals surface area (Å²) in [7, 11) is 0. The number of hydrogen-bond donors (Lipinski definition) is 1. The lowest BCUT2D eigenvalue weighted by atomic mass is 9.92. The number of rotatable bonds is 5. The summed E-state index contributed by atoms with van der Waals surface area (Å²) in [6.45, 7) is 5.42. The molecule has 110 valence electrons. The molecule has 2 heteroatoms. The number of benzene rings is 1. The van der Waals surface area contributed by atoms with Gasteiger partial charge in [0.15, 0.2) is 0 Å². The lowest BCUT2D eigenvalue weighted by Crippen LogP contribution is -2.20. The van der Waals surface area contributed by atoms with Gasteiger partial charge in [0, 0.05) is 18.2 Å². The number of nitrogens with zero attached hydrogens (tertiary/aromatic N) is 1. The highest BCUT2D eigenvalue weighted by Gasteiger charge is 2.25. The minimum atomic E-state index is 0.458. The van der Waals surface area contributed by atoms with Crippen LogP contribution in [0.15, 0.2) is 42.6 Å². The minimum absolute atomic E-state index is 0.458. The van der Waals surface area contributed by atoms with E-state index in [1.165, 1.54) is 28.8 Å². The summed E-state index contributed by atoms with van der Waals surface area (Å²) in [5.74, 6) is 0.472. The third-order valence-electron chi connectivity index (χ3n) is 4.53. The molecule has 0 spiro atoms. The molecule has 1 aliphatic carbocycles. The number of aromatic nitrogens is 1. The number of pyridine rings is 1. The van der Waals surface area contributed by atoms with Crippen LogP contribution in [0.3, 0.4) is 0 Å². The maximum absolute atomic E-state index is 4.63. The second kappa shape index (κ2) is 6.40. The van der Waals surface area contributed by atoms with E-state index in [0.29, 0.717) is 12.0 Å². The van der Waals surface area contributed by atoms with Crippen LogP contribution in [-0.2, 0) is 6.42 Å².